The molecule has 0 spiro atoms. The third-order valence-electron chi connectivity index (χ3n) is 3.08. The summed E-state index contributed by atoms with van der Waals surface area (Å²) in [4.78, 5) is 0. The Balaban J connectivity index is -0.00000108. The number of hydrogen-bond donors (Lipinski definition) is 0. The predicted octanol–water partition coefficient (Wildman–Crippen LogP) is -2.64. The van der Waals surface area contributed by atoms with Crippen molar-refractivity contribution in [3.05, 3.63) is 34.4 Å². The molecule has 0 aliphatic rings. The molecule has 0 atom stereocenters. The van der Waals surface area contributed by atoms with Crippen LogP contribution in [0.4, 0.5) is 0 Å². The Labute approximate surface area is 145 Å². The van der Waals surface area contributed by atoms with Crippen LogP contribution in [0.15, 0.2) is 12.1 Å². The van der Waals surface area contributed by atoms with Crippen LogP contribution in [0.5, 0.6) is 0 Å². The molecule has 0 aliphatic heterocycles. The van der Waals surface area contributed by atoms with Crippen molar-refractivity contribution in [2.24, 2.45) is 0 Å². The van der Waals surface area contributed by atoms with E-state index in [0.29, 0.717) is 0 Å². The van der Waals surface area contributed by atoms with E-state index in [9.17, 15) is 0 Å². The van der Waals surface area contributed by atoms with Crippen LogP contribution in [-0.4, -0.2) is 51.3 Å². The van der Waals surface area contributed by atoms with Gasteiger partial charge in [0.25, 0.3) is 0 Å². The number of rotatable bonds is 4. The lowest BCUT2D eigenvalue weighted by atomic mass is 9.98. The predicted molar refractivity (Wildman–Crippen MR) is 86.1 cm³/mol. The minimum Gasteiger partial charge on any atom is -1.00 e. The van der Waals surface area contributed by atoms with Gasteiger partial charge < -0.3 is 33.8 Å². The summed E-state index contributed by atoms with van der Waals surface area (Å²) in [6, 6.07) is 4.76. The average Bonchev–Trinajstić information content (AvgIpc) is 2.08. The fourth-order valence-corrected chi connectivity index (χ4v) is 2.30. The van der Waals surface area contributed by atoms with Gasteiger partial charge in [0.05, 0.1) is 42.3 Å². The molecule has 126 valence electrons. The quantitative estimate of drug-likeness (QED) is 0.527. The Bertz CT molecular complexity index is 388. The van der Waals surface area contributed by atoms with Gasteiger partial charge in [0.2, 0.25) is 0 Å². The van der Waals surface area contributed by atoms with Gasteiger partial charge in [-0.2, -0.15) is 0 Å². The van der Waals surface area contributed by atoms with Crippen LogP contribution in [0, 0.1) is 13.8 Å². The van der Waals surface area contributed by atoms with Crippen molar-refractivity contribution >= 4 is 0 Å². The van der Waals surface area contributed by atoms with Gasteiger partial charge in [0.15, 0.2) is 0 Å². The second kappa shape index (κ2) is 8.99. The lowest BCUT2D eigenvalue weighted by molar-refractivity contribution is -0.884. The van der Waals surface area contributed by atoms with Crippen molar-refractivity contribution in [1.29, 1.82) is 0 Å². The smallest absolute Gasteiger partial charge is 0.104 e. The molecule has 0 saturated heterocycles. The molecule has 0 unspecified atom stereocenters. The van der Waals surface area contributed by atoms with E-state index < -0.39 is 0 Å². The summed E-state index contributed by atoms with van der Waals surface area (Å²) in [7, 11) is 13.5. The van der Waals surface area contributed by atoms with Crippen molar-refractivity contribution in [3.8, 4) is 0 Å². The van der Waals surface area contributed by atoms with Crippen LogP contribution >= 0.6 is 0 Å². The maximum absolute atomic E-state index is 2.38. The molecule has 0 aliphatic carbocycles. The molecule has 0 fully saturated rings. The topological polar surface area (TPSA) is 0 Å². The van der Waals surface area contributed by atoms with Crippen LogP contribution in [-0.2, 0) is 13.1 Å². The minimum atomic E-state index is 0. The number of quaternary nitrogens is 2. The molecular weight excluding hydrogens is 303 g/mol. The highest BCUT2D eigenvalue weighted by Gasteiger charge is 2.15. The minimum absolute atomic E-state index is 0. The largest absolute Gasteiger partial charge is 1.00 e. The molecule has 0 amide bonds. The summed E-state index contributed by atoms with van der Waals surface area (Å²) >= 11 is 0. The van der Waals surface area contributed by atoms with Crippen LogP contribution in [0.2, 0.25) is 0 Å². The molecule has 1 aromatic rings. The molecular formula is C17H34Cl2N2. The fraction of sp³-hybridized carbons (Fsp3) is 0.647. The van der Waals surface area contributed by atoms with E-state index >= 15 is 0 Å². The van der Waals surface area contributed by atoms with Crippen LogP contribution in [0.25, 0.3) is 0 Å². The molecule has 0 aromatic heterocycles. The van der Waals surface area contributed by atoms with E-state index in [0.717, 1.165) is 22.1 Å². The maximum atomic E-state index is 2.38. The second-order valence-electron chi connectivity index (χ2n) is 7.60. The maximum Gasteiger partial charge on any atom is 0.104 e. The lowest BCUT2D eigenvalue weighted by Crippen LogP contribution is -3.00. The first-order valence-corrected chi connectivity index (χ1v) is 6.68. The number of hydrogen-bond acceptors (Lipinski definition) is 0. The van der Waals surface area contributed by atoms with Crippen molar-refractivity contribution in [3.63, 3.8) is 0 Å². The van der Waals surface area contributed by atoms with E-state index in [-0.39, 0.29) is 32.2 Å². The summed E-state index contributed by atoms with van der Waals surface area (Å²) < 4.78 is 1.96. The summed E-state index contributed by atoms with van der Waals surface area (Å²) in [6.07, 6.45) is 0. The standard InChI is InChI=1S/C16H30N2.CH4.2ClH/c1-13-9-16(12-18(6,7)8)14(2)10-15(13)11-17(3,4)5;;;/h9-10H,11-12H2,1-8H3;1H4;2*1H/q+2;;;/p-2. The highest BCUT2D eigenvalue weighted by atomic mass is 35.5. The zero-order chi connectivity index (χ0) is 14.1. The number of aryl methyl sites for hydroxylation is 2. The first kappa shape index (κ1) is 25.7. The first-order chi connectivity index (χ1) is 7.98. The van der Waals surface area contributed by atoms with E-state index in [1.54, 1.807) is 0 Å². The van der Waals surface area contributed by atoms with Gasteiger partial charge in [-0.05, 0) is 37.1 Å². The SMILES string of the molecule is C.Cc1cc(C[N+](C)(C)C)c(C)cc1C[N+](C)(C)C.[Cl-].[Cl-]. The molecule has 2 nitrogen and oxygen atoms in total. The normalized spacial score (nSPS) is 11.0. The van der Waals surface area contributed by atoms with E-state index in [1.807, 2.05) is 0 Å². The highest BCUT2D eigenvalue weighted by molar-refractivity contribution is 5.36. The monoisotopic (exact) mass is 336 g/mol. The molecule has 1 rings (SSSR count). The van der Waals surface area contributed by atoms with Crippen molar-refractivity contribution in [1.82, 2.24) is 0 Å². The van der Waals surface area contributed by atoms with Gasteiger partial charge in [-0.1, -0.05) is 7.43 Å². The molecule has 0 radical (unpaired) electrons. The Kier molecular flexibility index (Phi) is 11.0. The number of halogens is 2. The fourth-order valence-electron chi connectivity index (χ4n) is 2.30. The Morgan fingerprint density at radius 1 is 0.667 bits per heavy atom. The average molecular weight is 337 g/mol. The van der Waals surface area contributed by atoms with E-state index in [4.69, 9.17) is 0 Å². The molecule has 0 saturated carbocycles. The van der Waals surface area contributed by atoms with E-state index in [2.05, 4.69) is 68.3 Å². The molecule has 0 heterocycles. The summed E-state index contributed by atoms with van der Waals surface area (Å²) in [5, 5.41) is 0. The molecule has 21 heavy (non-hydrogen) atoms. The van der Waals surface area contributed by atoms with Gasteiger partial charge in [-0.3, -0.25) is 0 Å². The Morgan fingerprint density at radius 2 is 0.905 bits per heavy atom. The van der Waals surface area contributed by atoms with Gasteiger partial charge in [0.1, 0.15) is 13.1 Å². The van der Waals surface area contributed by atoms with Gasteiger partial charge in [-0.25, -0.2) is 0 Å². The number of nitrogens with zero attached hydrogens (tertiary/aromatic N) is 2. The molecule has 4 heteroatoms. The lowest BCUT2D eigenvalue weighted by Gasteiger charge is -2.27. The van der Waals surface area contributed by atoms with Crippen molar-refractivity contribution in [2.45, 2.75) is 34.4 Å². The van der Waals surface area contributed by atoms with Crippen LogP contribution in [0.1, 0.15) is 29.7 Å². The van der Waals surface area contributed by atoms with E-state index in [1.165, 1.54) is 22.3 Å². The third kappa shape index (κ3) is 9.36. The zero-order valence-corrected chi connectivity index (χ0v) is 15.7. The molecule has 1 aromatic carbocycles. The van der Waals surface area contributed by atoms with Gasteiger partial charge in [-0.15, -0.1) is 0 Å². The molecule has 0 N–H and O–H groups in total. The third-order valence-corrected chi connectivity index (χ3v) is 3.08. The van der Waals surface area contributed by atoms with Gasteiger partial charge >= 0.3 is 0 Å². The zero-order valence-electron chi connectivity index (χ0n) is 14.2. The highest BCUT2D eigenvalue weighted by Crippen LogP contribution is 2.20. The van der Waals surface area contributed by atoms with Gasteiger partial charge in [0, 0.05) is 11.1 Å². The van der Waals surface area contributed by atoms with Crippen LogP contribution in [0.3, 0.4) is 0 Å². The summed E-state index contributed by atoms with van der Waals surface area (Å²) in [6.45, 7) is 6.67. The number of benzene rings is 1. The van der Waals surface area contributed by atoms with Crippen LogP contribution < -0.4 is 24.8 Å². The summed E-state index contributed by atoms with van der Waals surface area (Å²) in [5.74, 6) is 0. The molecule has 0 bridgehead atoms. The van der Waals surface area contributed by atoms with Crippen molar-refractivity contribution in [2.75, 3.05) is 42.3 Å². The Morgan fingerprint density at radius 3 is 1.10 bits per heavy atom. The summed E-state index contributed by atoms with van der Waals surface area (Å²) in [5.41, 5.74) is 5.81. The second-order valence-corrected chi connectivity index (χ2v) is 7.60. The first-order valence-electron chi connectivity index (χ1n) is 6.68. The van der Waals surface area contributed by atoms with Crippen molar-refractivity contribution < 1.29 is 33.8 Å². The Hall–Kier alpha value is -0.280.